The number of carbonyl (C=O) groups is 1. The monoisotopic (exact) mass is 264 g/mol. The third kappa shape index (κ3) is 2.03. The number of benzene rings is 1. The van der Waals surface area contributed by atoms with Crippen molar-refractivity contribution in [2.24, 2.45) is 0 Å². The third-order valence-electron chi connectivity index (χ3n) is 4.37. The Morgan fingerprint density at radius 3 is 2.67 bits per heavy atom. The zero-order chi connectivity index (χ0) is 12.8. The number of aliphatic carboxylic acids is 1. The Balaban J connectivity index is 1.98. The van der Waals surface area contributed by atoms with Gasteiger partial charge in [0.25, 0.3) is 0 Å². The molecular weight excluding hydrogens is 248 g/mol. The molecule has 1 aromatic carbocycles. The number of carboxylic acids is 1. The van der Waals surface area contributed by atoms with E-state index < -0.39 is 5.97 Å². The van der Waals surface area contributed by atoms with E-state index in [-0.39, 0.29) is 11.8 Å². The smallest absolute Gasteiger partial charge is 0.304 e. The number of hydrogen-bond donors (Lipinski definition) is 1. The highest BCUT2D eigenvalue weighted by atomic mass is 35.5. The zero-order valence-electron chi connectivity index (χ0n) is 10.3. The zero-order valence-corrected chi connectivity index (χ0v) is 11.1. The molecular formula is C15H17ClO2. The molecule has 0 bridgehead atoms. The van der Waals surface area contributed by atoms with Crippen molar-refractivity contribution in [2.75, 3.05) is 0 Å². The van der Waals surface area contributed by atoms with Crippen molar-refractivity contribution in [1.82, 2.24) is 0 Å². The molecule has 0 unspecified atom stereocenters. The summed E-state index contributed by atoms with van der Waals surface area (Å²) in [4.78, 5) is 11.0. The Kier molecular flexibility index (Phi) is 2.86. The molecule has 0 aliphatic heterocycles. The maximum absolute atomic E-state index is 11.0. The SMILES string of the molecule is O=C(O)CC1(c2cc(Cl)c3c(c2)CCCC3)CC1. The Morgan fingerprint density at radius 1 is 1.28 bits per heavy atom. The van der Waals surface area contributed by atoms with Crippen LogP contribution in [0.5, 0.6) is 0 Å². The van der Waals surface area contributed by atoms with Crippen molar-refractivity contribution in [2.45, 2.75) is 50.4 Å². The van der Waals surface area contributed by atoms with Gasteiger partial charge >= 0.3 is 5.97 Å². The molecule has 0 saturated heterocycles. The standard InChI is InChI=1S/C15H17ClO2/c16-13-8-11(15(5-6-15)9-14(17)18)7-10-3-1-2-4-12(10)13/h7-8H,1-6,9H2,(H,17,18). The first-order valence-electron chi connectivity index (χ1n) is 6.64. The molecule has 0 amide bonds. The van der Waals surface area contributed by atoms with E-state index in [1.54, 1.807) is 0 Å². The summed E-state index contributed by atoms with van der Waals surface area (Å²) < 4.78 is 0. The maximum Gasteiger partial charge on any atom is 0.304 e. The summed E-state index contributed by atoms with van der Waals surface area (Å²) in [5, 5.41) is 9.87. The molecule has 0 atom stereocenters. The van der Waals surface area contributed by atoms with Gasteiger partial charge in [0.1, 0.15) is 0 Å². The number of rotatable bonds is 3. The van der Waals surface area contributed by atoms with Crippen LogP contribution in [0.2, 0.25) is 5.02 Å². The highest BCUT2D eigenvalue weighted by molar-refractivity contribution is 6.31. The molecule has 1 N–H and O–H groups in total. The number of fused-ring (bicyclic) bond motifs is 1. The van der Waals surface area contributed by atoms with E-state index >= 15 is 0 Å². The predicted molar refractivity (Wildman–Crippen MR) is 71.3 cm³/mol. The molecule has 1 saturated carbocycles. The Morgan fingerprint density at radius 2 is 2.00 bits per heavy atom. The third-order valence-corrected chi connectivity index (χ3v) is 4.70. The van der Waals surface area contributed by atoms with E-state index in [1.807, 2.05) is 6.07 Å². The first-order chi connectivity index (χ1) is 8.61. The van der Waals surface area contributed by atoms with Gasteiger partial charge in [-0.2, -0.15) is 0 Å². The lowest BCUT2D eigenvalue weighted by Crippen LogP contribution is -2.14. The minimum absolute atomic E-state index is 0.123. The summed E-state index contributed by atoms with van der Waals surface area (Å²) in [6.45, 7) is 0. The minimum Gasteiger partial charge on any atom is -0.481 e. The summed E-state index contributed by atoms with van der Waals surface area (Å²) in [5.41, 5.74) is 3.66. The van der Waals surface area contributed by atoms with Gasteiger partial charge < -0.3 is 5.11 Å². The van der Waals surface area contributed by atoms with Crippen molar-refractivity contribution >= 4 is 17.6 Å². The van der Waals surface area contributed by atoms with E-state index in [2.05, 4.69) is 6.07 Å². The van der Waals surface area contributed by atoms with E-state index in [0.717, 1.165) is 36.3 Å². The molecule has 2 nitrogen and oxygen atoms in total. The average molecular weight is 265 g/mol. The van der Waals surface area contributed by atoms with Crippen LogP contribution in [0.15, 0.2) is 12.1 Å². The van der Waals surface area contributed by atoms with E-state index in [4.69, 9.17) is 16.7 Å². The lowest BCUT2D eigenvalue weighted by atomic mass is 9.85. The van der Waals surface area contributed by atoms with Crippen LogP contribution in [-0.4, -0.2) is 11.1 Å². The van der Waals surface area contributed by atoms with Gasteiger partial charge in [-0.1, -0.05) is 17.7 Å². The lowest BCUT2D eigenvalue weighted by Gasteiger charge is -2.21. The molecule has 2 aliphatic rings. The second-order valence-electron chi connectivity index (χ2n) is 5.65. The van der Waals surface area contributed by atoms with Crippen LogP contribution in [-0.2, 0) is 23.1 Å². The largest absolute Gasteiger partial charge is 0.481 e. The van der Waals surface area contributed by atoms with Crippen molar-refractivity contribution in [1.29, 1.82) is 0 Å². The van der Waals surface area contributed by atoms with Crippen molar-refractivity contribution in [3.8, 4) is 0 Å². The molecule has 1 aromatic rings. The number of hydrogen-bond acceptors (Lipinski definition) is 1. The van der Waals surface area contributed by atoms with Crippen LogP contribution in [0.25, 0.3) is 0 Å². The van der Waals surface area contributed by atoms with Crippen molar-refractivity contribution < 1.29 is 9.90 Å². The number of carboxylic acid groups (broad SMARTS) is 1. The van der Waals surface area contributed by atoms with Crippen LogP contribution < -0.4 is 0 Å². The first-order valence-corrected chi connectivity index (χ1v) is 7.02. The Labute approximate surface area is 112 Å². The van der Waals surface area contributed by atoms with Crippen LogP contribution >= 0.6 is 11.6 Å². The van der Waals surface area contributed by atoms with Gasteiger partial charge in [0.05, 0.1) is 6.42 Å². The molecule has 96 valence electrons. The molecule has 0 heterocycles. The van der Waals surface area contributed by atoms with Crippen LogP contribution in [0.1, 0.15) is 48.8 Å². The van der Waals surface area contributed by atoms with Gasteiger partial charge in [0.2, 0.25) is 0 Å². The van der Waals surface area contributed by atoms with E-state index in [1.165, 1.54) is 24.0 Å². The fraction of sp³-hybridized carbons (Fsp3) is 0.533. The van der Waals surface area contributed by atoms with Gasteiger partial charge in [-0.25, -0.2) is 0 Å². The topological polar surface area (TPSA) is 37.3 Å². The Bertz CT molecular complexity index is 503. The van der Waals surface area contributed by atoms with Gasteiger partial charge in [-0.3, -0.25) is 4.79 Å². The van der Waals surface area contributed by atoms with Crippen LogP contribution in [0, 0.1) is 0 Å². The fourth-order valence-electron chi connectivity index (χ4n) is 3.13. The van der Waals surface area contributed by atoms with Gasteiger partial charge in [-0.15, -0.1) is 0 Å². The van der Waals surface area contributed by atoms with Gasteiger partial charge in [0, 0.05) is 10.4 Å². The number of aryl methyl sites for hydroxylation is 1. The summed E-state index contributed by atoms with van der Waals surface area (Å²) in [7, 11) is 0. The summed E-state index contributed by atoms with van der Waals surface area (Å²) in [6.07, 6.45) is 6.79. The highest BCUT2D eigenvalue weighted by Gasteiger charge is 2.46. The van der Waals surface area contributed by atoms with Crippen LogP contribution in [0.4, 0.5) is 0 Å². The van der Waals surface area contributed by atoms with E-state index in [9.17, 15) is 4.79 Å². The summed E-state index contributed by atoms with van der Waals surface area (Å²) in [5.74, 6) is -0.707. The molecule has 18 heavy (non-hydrogen) atoms. The molecule has 0 radical (unpaired) electrons. The van der Waals surface area contributed by atoms with Gasteiger partial charge in [0.15, 0.2) is 0 Å². The van der Waals surface area contributed by atoms with Crippen molar-refractivity contribution in [3.63, 3.8) is 0 Å². The molecule has 2 aliphatic carbocycles. The second kappa shape index (κ2) is 4.27. The second-order valence-corrected chi connectivity index (χ2v) is 6.06. The van der Waals surface area contributed by atoms with Crippen LogP contribution in [0.3, 0.4) is 0 Å². The molecule has 3 heteroatoms. The molecule has 3 rings (SSSR count). The Hall–Kier alpha value is -1.02. The minimum atomic E-state index is -0.707. The lowest BCUT2D eigenvalue weighted by molar-refractivity contribution is -0.137. The predicted octanol–water partition coefficient (Wildman–Crippen LogP) is 3.73. The van der Waals surface area contributed by atoms with Crippen molar-refractivity contribution in [3.05, 3.63) is 33.8 Å². The normalized spacial score (nSPS) is 20.3. The molecule has 0 spiro atoms. The quantitative estimate of drug-likeness (QED) is 0.903. The summed E-state index contributed by atoms with van der Waals surface area (Å²) >= 11 is 6.37. The maximum atomic E-state index is 11.0. The van der Waals surface area contributed by atoms with Gasteiger partial charge in [-0.05, 0) is 61.3 Å². The average Bonchev–Trinajstić information content (AvgIpc) is 3.09. The fourth-order valence-corrected chi connectivity index (χ4v) is 3.46. The molecule has 0 aromatic heterocycles. The van der Waals surface area contributed by atoms with E-state index in [0.29, 0.717) is 0 Å². The number of halogens is 1. The summed E-state index contributed by atoms with van der Waals surface area (Å²) in [6, 6.07) is 4.23. The molecule has 1 fully saturated rings. The highest BCUT2D eigenvalue weighted by Crippen LogP contribution is 2.52. The first kappa shape index (κ1) is 12.0.